The zero-order chi connectivity index (χ0) is 18.9. The summed E-state index contributed by atoms with van der Waals surface area (Å²) in [6, 6.07) is 4.53. The van der Waals surface area contributed by atoms with Gasteiger partial charge in [0.05, 0.1) is 10.6 Å². The highest BCUT2D eigenvalue weighted by Gasteiger charge is 2.32. The van der Waals surface area contributed by atoms with Gasteiger partial charge in [0.15, 0.2) is 18.2 Å². The topological polar surface area (TPSA) is 61.0 Å². The van der Waals surface area contributed by atoms with E-state index in [1.165, 1.54) is 12.1 Å². The van der Waals surface area contributed by atoms with E-state index in [4.69, 9.17) is 32.4 Å². The van der Waals surface area contributed by atoms with Crippen LogP contribution >= 0.6 is 23.2 Å². The number of halogens is 6. The zero-order valence-corrected chi connectivity index (χ0v) is 14.0. The summed E-state index contributed by atoms with van der Waals surface area (Å²) in [6.07, 6.45) is -3.98. The van der Waals surface area contributed by atoms with Crippen molar-refractivity contribution >= 4 is 23.2 Å². The summed E-state index contributed by atoms with van der Waals surface area (Å²) >= 11 is 11.4. The molecule has 5 nitrogen and oxygen atoms in total. The van der Waals surface area contributed by atoms with Gasteiger partial charge in [-0.15, -0.1) is 10.2 Å². The summed E-state index contributed by atoms with van der Waals surface area (Å²) in [5, 5.41) is 7.20. The van der Waals surface area contributed by atoms with Crippen molar-refractivity contribution in [3.8, 4) is 17.3 Å². The monoisotopic (exact) mass is 407 g/mol. The van der Waals surface area contributed by atoms with Crippen LogP contribution in [0.15, 0.2) is 34.9 Å². The second kappa shape index (κ2) is 7.08. The summed E-state index contributed by atoms with van der Waals surface area (Å²) in [4.78, 5) is 3.61. The molecule has 0 saturated carbocycles. The first-order valence-corrected chi connectivity index (χ1v) is 7.63. The molecule has 0 radical (unpaired) electrons. The van der Waals surface area contributed by atoms with E-state index in [0.717, 1.165) is 6.07 Å². The van der Waals surface area contributed by atoms with E-state index in [1.54, 1.807) is 0 Å². The molecule has 0 bridgehead atoms. The number of hydrogen-bond donors (Lipinski definition) is 0. The molecule has 136 valence electrons. The van der Waals surface area contributed by atoms with E-state index in [1.807, 2.05) is 0 Å². The van der Waals surface area contributed by atoms with Crippen molar-refractivity contribution in [1.29, 1.82) is 0 Å². The third kappa shape index (κ3) is 4.05. The fourth-order valence-corrected chi connectivity index (χ4v) is 2.30. The van der Waals surface area contributed by atoms with Crippen molar-refractivity contribution in [2.75, 3.05) is 0 Å². The van der Waals surface area contributed by atoms with Gasteiger partial charge in [-0.2, -0.15) is 13.2 Å². The molecule has 0 atom stereocenters. The summed E-state index contributed by atoms with van der Waals surface area (Å²) in [5.74, 6) is -1.00. The van der Waals surface area contributed by atoms with Gasteiger partial charge < -0.3 is 9.15 Å². The molecule has 0 unspecified atom stereocenters. The van der Waals surface area contributed by atoms with Gasteiger partial charge in [0.2, 0.25) is 0 Å². The second-order valence-corrected chi connectivity index (χ2v) is 5.76. The Morgan fingerprint density at radius 2 is 1.88 bits per heavy atom. The Kier molecular flexibility index (Phi) is 5.01. The summed E-state index contributed by atoms with van der Waals surface area (Å²) in [7, 11) is 0. The molecule has 3 aromatic rings. The molecule has 0 aliphatic carbocycles. The van der Waals surface area contributed by atoms with Gasteiger partial charge >= 0.3 is 6.18 Å². The molecular weight excluding hydrogens is 401 g/mol. The Morgan fingerprint density at radius 3 is 2.54 bits per heavy atom. The number of hydrogen-bond acceptors (Lipinski definition) is 5. The zero-order valence-electron chi connectivity index (χ0n) is 12.5. The molecule has 0 aliphatic rings. The van der Waals surface area contributed by atoms with Crippen molar-refractivity contribution in [2.45, 2.75) is 12.8 Å². The molecule has 11 heteroatoms. The normalized spacial score (nSPS) is 11.6. The van der Waals surface area contributed by atoms with Gasteiger partial charge in [-0.3, -0.25) is 0 Å². The van der Waals surface area contributed by atoms with Crippen LogP contribution in [-0.4, -0.2) is 15.2 Å². The standard InChI is InChI=1S/C15H7Cl2F4N3O2/c16-8-1-2-11(10(18)4-8)25-6-12-23-24-14(26-12)13-9(17)3-7(5-22-13)15(19,20)21/h1-5H,6H2. The molecule has 0 fully saturated rings. The van der Waals surface area contributed by atoms with Crippen LogP contribution in [0.3, 0.4) is 0 Å². The summed E-state index contributed by atoms with van der Waals surface area (Å²) in [5.41, 5.74) is -1.12. The summed E-state index contributed by atoms with van der Waals surface area (Å²) < 4.78 is 61.9. The van der Waals surface area contributed by atoms with E-state index in [9.17, 15) is 17.6 Å². The Balaban J connectivity index is 1.75. The van der Waals surface area contributed by atoms with E-state index >= 15 is 0 Å². The smallest absolute Gasteiger partial charge is 0.417 e. The van der Waals surface area contributed by atoms with Crippen molar-refractivity contribution < 1.29 is 26.7 Å². The molecule has 3 rings (SSSR count). The maximum atomic E-state index is 13.6. The van der Waals surface area contributed by atoms with Gasteiger partial charge in [0.25, 0.3) is 11.8 Å². The van der Waals surface area contributed by atoms with E-state index < -0.39 is 17.6 Å². The minimum atomic E-state index is -4.58. The Labute approximate surface area is 153 Å². The lowest BCUT2D eigenvalue weighted by atomic mass is 10.2. The van der Waals surface area contributed by atoms with Crippen LogP contribution in [0.2, 0.25) is 10.0 Å². The Hall–Kier alpha value is -2.39. The van der Waals surface area contributed by atoms with Gasteiger partial charge in [-0.05, 0) is 24.3 Å². The molecule has 0 spiro atoms. The minimum absolute atomic E-state index is 0.0490. The molecule has 1 aromatic carbocycles. The van der Waals surface area contributed by atoms with Gasteiger partial charge in [-0.25, -0.2) is 9.37 Å². The molecule has 26 heavy (non-hydrogen) atoms. The lowest BCUT2D eigenvalue weighted by Gasteiger charge is -2.07. The fraction of sp³-hybridized carbons (Fsp3) is 0.133. The minimum Gasteiger partial charge on any atom is -0.481 e. The van der Waals surface area contributed by atoms with Crippen LogP contribution in [0.5, 0.6) is 5.75 Å². The quantitative estimate of drug-likeness (QED) is 0.558. The van der Waals surface area contributed by atoms with Crippen LogP contribution < -0.4 is 4.74 Å². The third-order valence-corrected chi connectivity index (χ3v) is 3.61. The maximum Gasteiger partial charge on any atom is 0.417 e. The van der Waals surface area contributed by atoms with E-state index in [-0.39, 0.29) is 39.9 Å². The third-order valence-electron chi connectivity index (χ3n) is 3.08. The Bertz CT molecular complexity index is 947. The number of ether oxygens (including phenoxy) is 1. The predicted octanol–water partition coefficient (Wildman–Crippen LogP) is 5.18. The number of nitrogens with zero attached hydrogens (tertiary/aromatic N) is 3. The van der Waals surface area contributed by atoms with Crippen molar-refractivity contribution in [2.24, 2.45) is 0 Å². The predicted molar refractivity (Wildman–Crippen MR) is 83.3 cm³/mol. The van der Waals surface area contributed by atoms with Gasteiger partial charge in [0.1, 0.15) is 5.69 Å². The molecular formula is C15H7Cl2F4N3O2. The lowest BCUT2D eigenvalue weighted by Crippen LogP contribution is -2.05. The first-order chi connectivity index (χ1) is 12.2. The number of pyridine rings is 1. The highest BCUT2D eigenvalue weighted by Crippen LogP contribution is 2.33. The highest BCUT2D eigenvalue weighted by molar-refractivity contribution is 6.32. The average Bonchev–Trinajstić information content (AvgIpc) is 3.01. The molecule has 0 saturated heterocycles. The highest BCUT2D eigenvalue weighted by atomic mass is 35.5. The first-order valence-electron chi connectivity index (χ1n) is 6.87. The molecule has 0 amide bonds. The second-order valence-electron chi connectivity index (χ2n) is 4.92. The van der Waals surface area contributed by atoms with Crippen LogP contribution in [0.1, 0.15) is 11.5 Å². The molecule has 2 heterocycles. The average molecular weight is 408 g/mol. The van der Waals surface area contributed by atoms with Crippen LogP contribution in [-0.2, 0) is 12.8 Å². The van der Waals surface area contributed by atoms with Crippen LogP contribution in [0.4, 0.5) is 17.6 Å². The molecule has 0 aliphatic heterocycles. The lowest BCUT2D eigenvalue weighted by molar-refractivity contribution is -0.137. The maximum absolute atomic E-state index is 13.6. The number of rotatable bonds is 4. The molecule has 0 N–H and O–H groups in total. The van der Waals surface area contributed by atoms with Crippen molar-refractivity contribution in [1.82, 2.24) is 15.2 Å². The van der Waals surface area contributed by atoms with Crippen molar-refractivity contribution in [3.05, 3.63) is 57.8 Å². The molecule has 2 aromatic heterocycles. The van der Waals surface area contributed by atoms with Crippen LogP contribution in [0, 0.1) is 5.82 Å². The SMILES string of the molecule is Fc1cc(Cl)ccc1OCc1nnc(-c2ncc(C(F)(F)F)cc2Cl)o1. The van der Waals surface area contributed by atoms with Gasteiger partial charge in [0, 0.05) is 11.2 Å². The van der Waals surface area contributed by atoms with Crippen LogP contribution in [0.25, 0.3) is 11.6 Å². The number of aromatic nitrogens is 3. The Morgan fingerprint density at radius 1 is 1.12 bits per heavy atom. The largest absolute Gasteiger partial charge is 0.481 e. The first kappa shape index (κ1) is 18.4. The van der Waals surface area contributed by atoms with Gasteiger partial charge in [-0.1, -0.05) is 23.2 Å². The number of alkyl halides is 3. The van der Waals surface area contributed by atoms with Crippen molar-refractivity contribution in [3.63, 3.8) is 0 Å². The van der Waals surface area contributed by atoms with E-state index in [2.05, 4.69) is 15.2 Å². The summed E-state index contributed by atoms with van der Waals surface area (Å²) in [6.45, 7) is -0.274. The fourth-order valence-electron chi connectivity index (χ4n) is 1.89. The number of benzene rings is 1. The van der Waals surface area contributed by atoms with E-state index in [0.29, 0.717) is 12.3 Å².